The molecule has 0 saturated carbocycles. The van der Waals surface area contributed by atoms with Gasteiger partial charge in [-0.2, -0.15) is 0 Å². The first-order chi connectivity index (χ1) is 7.65. The van der Waals surface area contributed by atoms with Crippen LogP contribution in [-0.4, -0.2) is 4.98 Å². The lowest BCUT2D eigenvalue weighted by molar-refractivity contribution is 0.619. The second kappa shape index (κ2) is 4.61. The molecular weight excluding hydrogens is 223 g/mol. The smallest absolute Gasteiger partial charge is 0.128 e. The quantitative estimate of drug-likeness (QED) is 0.882. The van der Waals surface area contributed by atoms with Crippen molar-refractivity contribution in [1.82, 2.24) is 4.98 Å². The molecule has 0 amide bonds. The van der Waals surface area contributed by atoms with Gasteiger partial charge < -0.3 is 5.32 Å². The Labute approximate surface area is 98.2 Å². The number of aromatic nitrogens is 1. The Morgan fingerprint density at radius 2 is 2.19 bits per heavy atom. The van der Waals surface area contributed by atoms with Gasteiger partial charge in [0.2, 0.25) is 0 Å². The summed E-state index contributed by atoms with van der Waals surface area (Å²) in [7, 11) is 0. The number of benzene rings is 1. The average molecular weight is 236 g/mol. The summed E-state index contributed by atoms with van der Waals surface area (Å²) >= 11 is 1.65. The summed E-state index contributed by atoms with van der Waals surface area (Å²) in [6, 6.07) is 5.17. The Balaban J connectivity index is 2.02. The maximum absolute atomic E-state index is 13.3. The Morgan fingerprint density at radius 1 is 1.38 bits per heavy atom. The standard InChI is InChI=1S/C12H13FN2S/c1-8-3-4-10(5-12(8)13)15-7-11-6-14-9(2)16-11/h3-6,15H,7H2,1-2H3. The number of halogens is 1. The van der Waals surface area contributed by atoms with Gasteiger partial charge >= 0.3 is 0 Å². The molecule has 4 heteroatoms. The van der Waals surface area contributed by atoms with Crippen LogP contribution in [0, 0.1) is 19.7 Å². The van der Waals surface area contributed by atoms with Crippen LogP contribution in [0.4, 0.5) is 10.1 Å². The fourth-order valence-electron chi connectivity index (χ4n) is 1.38. The van der Waals surface area contributed by atoms with Crippen LogP contribution in [0.3, 0.4) is 0 Å². The summed E-state index contributed by atoms with van der Waals surface area (Å²) in [4.78, 5) is 5.32. The van der Waals surface area contributed by atoms with Gasteiger partial charge in [0.1, 0.15) is 5.82 Å². The highest BCUT2D eigenvalue weighted by Gasteiger charge is 2.01. The molecule has 0 spiro atoms. The van der Waals surface area contributed by atoms with Crippen molar-refractivity contribution in [3.05, 3.63) is 45.7 Å². The predicted octanol–water partition coefficient (Wildman–Crippen LogP) is 3.51. The molecule has 2 rings (SSSR count). The van der Waals surface area contributed by atoms with E-state index in [9.17, 15) is 4.39 Å². The normalized spacial score (nSPS) is 10.4. The summed E-state index contributed by atoms with van der Waals surface area (Å²) in [6.07, 6.45) is 1.84. The highest BCUT2D eigenvalue weighted by Crippen LogP contribution is 2.16. The van der Waals surface area contributed by atoms with Crippen molar-refractivity contribution < 1.29 is 4.39 Å². The molecule has 2 aromatic rings. The number of hydrogen-bond acceptors (Lipinski definition) is 3. The fourth-order valence-corrected chi connectivity index (χ4v) is 2.11. The van der Waals surface area contributed by atoms with Crippen molar-refractivity contribution in [3.8, 4) is 0 Å². The topological polar surface area (TPSA) is 24.9 Å². The molecule has 2 nitrogen and oxygen atoms in total. The zero-order valence-corrected chi connectivity index (χ0v) is 10.1. The van der Waals surface area contributed by atoms with Crippen LogP contribution in [0.25, 0.3) is 0 Å². The number of thiazole rings is 1. The monoisotopic (exact) mass is 236 g/mol. The molecule has 16 heavy (non-hydrogen) atoms. The molecule has 0 saturated heterocycles. The molecular formula is C12H13FN2S. The largest absolute Gasteiger partial charge is 0.380 e. The van der Waals surface area contributed by atoms with Gasteiger partial charge in [-0.05, 0) is 31.5 Å². The maximum atomic E-state index is 13.3. The zero-order chi connectivity index (χ0) is 11.5. The molecule has 0 atom stereocenters. The molecule has 0 unspecified atom stereocenters. The van der Waals surface area contributed by atoms with Gasteiger partial charge in [0.15, 0.2) is 0 Å². The van der Waals surface area contributed by atoms with Crippen LogP contribution in [0.15, 0.2) is 24.4 Å². The second-order valence-electron chi connectivity index (χ2n) is 3.66. The van der Waals surface area contributed by atoms with Crippen molar-refractivity contribution >= 4 is 17.0 Å². The van der Waals surface area contributed by atoms with E-state index in [1.165, 1.54) is 6.07 Å². The minimum Gasteiger partial charge on any atom is -0.380 e. The first-order valence-corrected chi connectivity index (χ1v) is 5.88. The molecule has 1 aromatic carbocycles. The Morgan fingerprint density at radius 3 is 2.81 bits per heavy atom. The van der Waals surface area contributed by atoms with Crippen LogP contribution >= 0.6 is 11.3 Å². The van der Waals surface area contributed by atoms with Gasteiger partial charge in [-0.3, -0.25) is 0 Å². The first kappa shape index (κ1) is 11.1. The van der Waals surface area contributed by atoms with Gasteiger partial charge in [0.25, 0.3) is 0 Å². The lowest BCUT2D eigenvalue weighted by atomic mass is 10.2. The fraction of sp³-hybridized carbons (Fsp3) is 0.250. The SMILES string of the molecule is Cc1ncc(CNc2ccc(C)c(F)c2)s1. The van der Waals surface area contributed by atoms with E-state index >= 15 is 0 Å². The van der Waals surface area contributed by atoms with E-state index in [1.54, 1.807) is 24.3 Å². The number of nitrogens with zero attached hydrogens (tertiary/aromatic N) is 1. The van der Waals surface area contributed by atoms with Crippen molar-refractivity contribution in [2.75, 3.05) is 5.32 Å². The van der Waals surface area contributed by atoms with Crippen molar-refractivity contribution in [1.29, 1.82) is 0 Å². The van der Waals surface area contributed by atoms with Gasteiger partial charge in [-0.1, -0.05) is 6.07 Å². The number of rotatable bonds is 3. The van der Waals surface area contributed by atoms with E-state index in [0.29, 0.717) is 12.1 Å². The van der Waals surface area contributed by atoms with Crippen LogP contribution in [0.2, 0.25) is 0 Å². The predicted molar refractivity (Wildman–Crippen MR) is 65.3 cm³/mol. The van der Waals surface area contributed by atoms with Crippen LogP contribution in [0.1, 0.15) is 15.4 Å². The molecule has 84 valence electrons. The Hall–Kier alpha value is -1.42. The first-order valence-electron chi connectivity index (χ1n) is 5.06. The number of aryl methyl sites for hydroxylation is 2. The molecule has 0 bridgehead atoms. The van der Waals surface area contributed by atoms with E-state index in [4.69, 9.17) is 0 Å². The minimum atomic E-state index is -0.175. The Bertz CT molecular complexity index is 494. The van der Waals surface area contributed by atoms with Crippen LogP contribution < -0.4 is 5.32 Å². The minimum absolute atomic E-state index is 0.175. The third kappa shape index (κ3) is 2.58. The van der Waals surface area contributed by atoms with E-state index in [-0.39, 0.29) is 5.82 Å². The molecule has 0 aliphatic heterocycles. The summed E-state index contributed by atoms with van der Waals surface area (Å²) in [6.45, 7) is 4.42. The summed E-state index contributed by atoms with van der Waals surface area (Å²) in [5.74, 6) is -0.175. The van der Waals surface area contributed by atoms with E-state index < -0.39 is 0 Å². The van der Waals surface area contributed by atoms with Crippen molar-refractivity contribution in [2.24, 2.45) is 0 Å². The number of anilines is 1. The van der Waals surface area contributed by atoms with Gasteiger partial charge in [-0.15, -0.1) is 11.3 Å². The number of nitrogens with one attached hydrogen (secondary N) is 1. The maximum Gasteiger partial charge on any atom is 0.128 e. The lowest BCUT2D eigenvalue weighted by Crippen LogP contribution is -1.98. The molecule has 1 aromatic heterocycles. The second-order valence-corrected chi connectivity index (χ2v) is 4.98. The molecule has 0 fully saturated rings. The van der Waals surface area contributed by atoms with E-state index in [1.807, 2.05) is 19.2 Å². The van der Waals surface area contributed by atoms with Crippen LogP contribution in [0.5, 0.6) is 0 Å². The van der Waals surface area contributed by atoms with Gasteiger partial charge in [-0.25, -0.2) is 9.37 Å². The zero-order valence-electron chi connectivity index (χ0n) is 9.25. The Kier molecular flexibility index (Phi) is 3.19. The molecule has 0 aliphatic carbocycles. The van der Waals surface area contributed by atoms with Gasteiger partial charge in [0, 0.05) is 16.8 Å². The van der Waals surface area contributed by atoms with Crippen molar-refractivity contribution in [2.45, 2.75) is 20.4 Å². The third-order valence-electron chi connectivity index (χ3n) is 2.31. The molecule has 0 radical (unpaired) electrons. The summed E-state index contributed by atoms with van der Waals surface area (Å²) in [5.41, 5.74) is 1.47. The summed E-state index contributed by atoms with van der Waals surface area (Å²) < 4.78 is 13.3. The van der Waals surface area contributed by atoms with Crippen molar-refractivity contribution in [3.63, 3.8) is 0 Å². The van der Waals surface area contributed by atoms with Gasteiger partial charge in [0.05, 0.1) is 11.6 Å². The average Bonchev–Trinajstić information content (AvgIpc) is 2.66. The molecule has 0 aliphatic rings. The molecule has 1 N–H and O–H groups in total. The highest BCUT2D eigenvalue weighted by atomic mass is 32.1. The lowest BCUT2D eigenvalue weighted by Gasteiger charge is -2.05. The molecule has 1 heterocycles. The third-order valence-corrected chi connectivity index (χ3v) is 3.22. The van der Waals surface area contributed by atoms with E-state index in [2.05, 4.69) is 10.3 Å². The highest BCUT2D eigenvalue weighted by molar-refractivity contribution is 7.11. The number of hydrogen-bond donors (Lipinski definition) is 1. The van der Waals surface area contributed by atoms with Crippen LogP contribution in [-0.2, 0) is 6.54 Å². The summed E-state index contributed by atoms with van der Waals surface area (Å²) in [5, 5.41) is 4.22. The van der Waals surface area contributed by atoms with E-state index in [0.717, 1.165) is 15.6 Å².